The average Bonchev–Trinajstić information content (AvgIpc) is 2.01. The third kappa shape index (κ3) is 2.30. The summed E-state index contributed by atoms with van der Waals surface area (Å²) in [4.78, 5) is 9.56. The first-order valence-corrected chi connectivity index (χ1v) is 5.22. The number of benzene rings is 1. The number of nitrogens with two attached hydrogens (primary N) is 1. The molecule has 0 aliphatic carbocycles. The summed E-state index contributed by atoms with van der Waals surface area (Å²) >= 11 is 5.73. The number of carbonyl (C=O) groups is 1. The molecule has 0 heterocycles. The topological polar surface area (TPSA) is 43.1 Å². The van der Waals surface area contributed by atoms with Gasteiger partial charge in [0.2, 0.25) is 5.91 Å². The number of alkyl halides is 1. The number of rotatable bonds is 2. The van der Waals surface area contributed by atoms with Crippen LogP contribution >= 0.6 is 31.9 Å². The van der Waals surface area contributed by atoms with E-state index in [-0.39, 0.29) is 10.0 Å². The zero-order valence-electron chi connectivity index (χ0n) is 6.73. The summed E-state index contributed by atoms with van der Waals surface area (Å²) in [6.45, 7) is 0. The summed E-state index contributed by atoms with van der Waals surface area (Å²) in [5, 5.41) is 0. The molecule has 0 aromatic heterocycles. The minimum Gasteiger partial charge on any atom is -0.368 e. The molecular formula is C8H5Br2F2NO. The van der Waals surface area contributed by atoms with E-state index in [0.29, 0.717) is 0 Å². The van der Waals surface area contributed by atoms with Gasteiger partial charge >= 0.3 is 0 Å². The van der Waals surface area contributed by atoms with E-state index in [0.717, 1.165) is 12.1 Å². The average molecular weight is 329 g/mol. The van der Waals surface area contributed by atoms with Gasteiger partial charge in [-0.15, -0.1) is 0 Å². The van der Waals surface area contributed by atoms with Crippen molar-refractivity contribution in [3.05, 3.63) is 33.8 Å². The lowest BCUT2D eigenvalue weighted by Crippen LogP contribution is -2.18. The van der Waals surface area contributed by atoms with Gasteiger partial charge < -0.3 is 5.73 Å². The van der Waals surface area contributed by atoms with E-state index in [2.05, 4.69) is 31.9 Å². The van der Waals surface area contributed by atoms with E-state index in [4.69, 9.17) is 5.73 Å². The van der Waals surface area contributed by atoms with E-state index < -0.39 is 22.4 Å². The predicted octanol–water partition coefficient (Wildman–Crippen LogP) is 2.65. The molecule has 0 saturated heterocycles. The van der Waals surface area contributed by atoms with Crippen LogP contribution in [-0.2, 0) is 4.79 Å². The first-order chi connectivity index (χ1) is 6.43. The molecular weight excluding hydrogens is 324 g/mol. The van der Waals surface area contributed by atoms with Crippen molar-refractivity contribution in [3.63, 3.8) is 0 Å². The van der Waals surface area contributed by atoms with Crippen LogP contribution in [0.1, 0.15) is 10.4 Å². The Morgan fingerprint density at radius 2 is 1.79 bits per heavy atom. The Morgan fingerprint density at radius 3 is 2.14 bits per heavy atom. The molecule has 2 N–H and O–H groups in total. The predicted molar refractivity (Wildman–Crippen MR) is 54.9 cm³/mol. The van der Waals surface area contributed by atoms with E-state index in [1.54, 1.807) is 0 Å². The standard InChI is InChI=1S/C8H5Br2F2NO/c9-3-1-4(11)6(5(12)2-3)7(10)8(13)14/h1-2,7H,(H2,13,14)/t7-/m1/s1. The van der Waals surface area contributed by atoms with Gasteiger partial charge in [-0.2, -0.15) is 0 Å². The lowest BCUT2D eigenvalue weighted by Gasteiger charge is -2.08. The van der Waals surface area contributed by atoms with Crippen LogP contribution < -0.4 is 5.73 Å². The highest BCUT2D eigenvalue weighted by molar-refractivity contribution is 9.10. The second kappa shape index (κ2) is 4.35. The monoisotopic (exact) mass is 327 g/mol. The van der Waals surface area contributed by atoms with Gasteiger partial charge in [0.25, 0.3) is 0 Å². The second-order valence-corrected chi connectivity index (χ2v) is 4.38. The molecule has 2 nitrogen and oxygen atoms in total. The van der Waals surface area contributed by atoms with Crippen LogP contribution in [0.5, 0.6) is 0 Å². The molecule has 1 amide bonds. The fourth-order valence-electron chi connectivity index (χ4n) is 0.938. The minimum atomic E-state index is -1.16. The largest absolute Gasteiger partial charge is 0.368 e. The molecule has 6 heteroatoms. The molecule has 0 bridgehead atoms. The van der Waals surface area contributed by atoms with Gasteiger partial charge in [-0.25, -0.2) is 8.78 Å². The maximum atomic E-state index is 13.2. The number of carbonyl (C=O) groups excluding carboxylic acids is 1. The van der Waals surface area contributed by atoms with Crippen LogP contribution in [-0.4, -0.2) is 5.91 Å². The highest BCUT2D eigenvalue weighted by Gasteiger charge is 2.22. The maximum Gasteiger partial charge on any atom is 0.235 e. The Labute approximate surface area is 95.7 Å². The number of hydrogen-bond donors (Lipinski definition) is 1. The molecule has 1 atom stereocenters. The third-order valence-electron chi connectivity index (χ3n) is 1.55. The zero-order chi connectivity index (χ0) is 10.9. The lowest BCUT2D eigenvalue weighted by atomic mass is 10.1. The molecule has 0 saturated carbocycles. The Bertz CT molecular complexity index is 361. The van der Waals surface area contributed by atoms with Crippen LogP contribution in [0, 0.1) is 11.6 Å². The Kier molecular flexibility index (Phi) is 3.60. The SMILES string of the molecule is NC(=O)[C@H](Br)c1c(F)cc(Br)cc1F. The first-order valence-electron chi connectivity index (χ1n) is 3.51. The summed E-state index contributed by atoms with van der Waals surface area (Å²) in [6, 6.07) is 2.13. The van der Waals surface area contributed by atoms with Crippen LogP contribution in [0.4, 0.5) is 8.78 Å². The third-order valence-corrected chi connectivity index (χ3v) is 2.91. The van der Waals surface area contributed by atoms with Crippen molar-refractivity contribution in [2.24, 2.45) is 5.73 Å². The molecule has 1 rings (SSSR count). The van der Waals surface area contributed by atoms with Crippen molar-refractivity contribution in [2.45, 2.75) is 4.83 Å². The van der Waals surface area contributed by atoms with Gasteiger partial charge in [-0.3, -0.25) is 4.79 Å². The Morgan fingerprint density at radius 1 is 1.36 bits per heavy atom. The van der Waals surface area contributed by atoms with Gasteiger partial charge in [-0.1, -0.05) is 31.9 Å². The van der Waals surface area contributed by atoms with Gasteiger partial charge in [0.1, 0.15) is 16.5 Å². The fourth-order valence-corrected chi connectivity index (χ4v) is 1.78. The number of primary amides is 1. The van der Waals surface area contributed by atoms with Crippen molar-refractivity contribution in [1.29, 1.82) is 0 Å². The van der Waals surface area contributed by atoms with E-state index in [9.17, 15) is 13.6 Å². The number of hydrogen-bond acceptors (Lipinski definition) is 1. The second-order valence-electron chi connectivity index (χ2n) is 2.55. The Balaban J connectivity index is 3.27. The molecule has 14 heavy (non-hydrogen) atoms. The van der Waals surface area contributed by atoms with Crippen LogP contribution in [0.15, 0.2) is 16.6 Å². The maximum absolute atomic E-state index is 13.2. The smallest absolute Gasteiger partial charge is 0.235 e. The molecule has 1 aromatic carbocycles. The van der Waals surface area contributed by atoms with Crippen LogP contribution in [0.3, 0.4) is 0 Å². The van der Waals surface area contributed by atoms with Gasteiger partial charge in [-0.05, 0) is 12.1 Å². The summed E-state index contributed by atoms with van der Waals surface area (Å²) in [6.07, 6.45) is 0. The van der Waals surface area contributed by atoms with Crippen LogP contribution in [0.2, 0.25) is 0 Å². The van der Waals surface area contributed by atoms with Crippen molar-refractivity contribution in [1.82, 2.24) is 0 Å². The van der Waals surface area contributed by atoms with Crippen molar-refractivity contribution in [2.75, 3.05) is 0 Å². The van der Waals surface area contributed by atoms with Gasteiger partial charge in [0.05, 0.1) is 0 Å². The van der Waals surface area contributed by atoms with Crippen molar-refractivity contribution >= 4 is 37.8 Å². The highest BCUT2D eigenvalue weighted by Crippen LogP contribution is 2.29. The summed E-state index contributed by atoms with van der Waals surface area (Å²) in [5.41, 5.74) is 4.54. The molecule has 0 unspecified atom stereocenters. The van der Waals surface area contributed by atoms with E-state index in [1.807, 2.05) is 0 Å². The molecule has 0 fully saturated rings. The van der Waals surface area contributed by atoms with Crippen molar-refractivity contribution < 1.29 is 13.6 Å². The Hall–Kier alpha value is -0.490. The molecule has 76 valence electrons. The summed E-state index contributed by atoms with van der Waals surface area (Å²) in [5.74, 6) is -2.49. The molecule has 0 aliphatic heterocycles. The molecule has 0 radical (unpaired) electrons. The van der Waals surface area contributed by atoms with E-state index in [1.165, 1.54) is 0 Å². The minimum absolute atomic E-state index is 0.264. The van der Waals surface area contributed by atoms with Gasteiger partial charge in [0.15, 0.2) is 0 Å². The summed E-state index contributed by atoms with van der Waals surface area (Å²) in [7, 11) is 0. The molecule has 0 aliphatic rings. The lowest BCUT2D eigenvalue weighted by molar-refractivity contribution is -0.117. The molecule has 0 spiro atoms. The van der Waals surface area contributed by atoms with Crippen molar-refractivity contribution in [3.8, 4) is 0 Å². The first kappa shape index (κ1) is 11.6. The number of amides is 1. The quantitative estimate of drug-likeness (QED) is 0.833. The van der Waals surface area contributed by atoms with Crippen LogP contribution in [0.25, 0.3) is 0 Å². The fraction of sp³-hybridized carbons (Fsp3) is 0.125. The van der Waals surface area contributed by atoms with E-state index >= 15 is 0 Å². The highest BCUT2D eigenvalue weighted by atomic mass is 79.9. The normalized spacial score (nSPS) is 12.6. The summed E-state index contributed by atoms with van der Waals surface area (Å²) < 4.78 is 26.7. The number of halogens is 4. The zero-order valence-corrected chi connectivity index (χ0v) is 9.90. The molecule has 1 aromatic rings. The van der Waals surface area contributed by atoms with Gasteiger partial charge in [0, 0.05) is 10.0 Å².